The summed E-state index contributed by atoms with van der Waals surface area (Å²) in [6.07, 6.45) is 5.94. The van der Waals surface area contributed by atoms with Gasteiger partial charge in [-0.25, -0.2) is 9.36 Å². The minimum atomic E-state index is 0.672. The van der Waals surface area contributed by atoms with Crippen LogP contribution in [0.3, 0.4) is 0 Å². The van der Waals surface area contributed by atoms with Crippen molar-refractivity contribution in [3.05, 3.63) is 34.8 Å². The van der Waals surface area contributed by atoms with Gasteiger partial charge in [-0.3, -0.25) is 9.88 Å². The SMILES string of the molecule is CSc1nc(N(/C(C)=C\c2cc(C)cc(C)n2)c2nc(SC)nn2C)n(C)n1. The van der Waals surface area contributed by atoms with Gasteiger partial charge in [-0.05, 0) is 57.1 Å². The first-order chi connectivity index (χ1) is 13.3. The maximum absolute atomic E-state index is 4.67. The van der Waals surface area contributed by atoms with Crippen LogP contribution >= 0.6 is 23.5 Å². The molecule has 0 bridgehead atoms. The summed E-state index contributed by atoms with van der Waals surface area (Å²) in [5.74, 6) is 1.34. The zero-order chi connectivity index (χ0) is 20.4. The number of thioether (sulfide) groups is 2. The van der Waals surface area contributed by atoms with Gasteiger partial charge in [0.15, 0.2) is 0 Å². The van der Waals surface area contributed by atoms with Crippen LogP contribution in [0.2, 0.25) is 0 Å². The second-order valence-electron chi connectivity index (χ2n) is 6.38. The number of pyridine rings is 1. The molecule has 0 saturated carbocycles. The molecule has 3 aromatic rings. The molecular weight excluding hydrogens is 392 g/mol. The summed E-state index contributed by atoms with van der Waals surface area (Å²) < 4.78 is 3.51. The lowest BCUT2D eigenvalue weighted by atomic mass is 10.2. The number of rotatable bonds is 6. The molecule has 0 spiro atoms. The van der Waals surface area contributed by atoms with Gasteiger partial charge < -0.3 is 0 Å². The van der Waals surface area contributed by atoms with E-state index in [9.17, 15) is 0 Å². The van der Waals surface area contributed by atoms with Gasteiger partial charge in [0.1, 0.15) is 0 Å². The number of aromatic nitrogens is 7. The Bertz CT molecular complexity index is 952. The number of hydrogen-bond donors (Lipinski definition) is 0. The number of aryl methyl sites for hydroxylation is 4. The molecule has 0 N–H and O–H groups in total. The topological polar surface area (TPSA) is 77.5 Å². The van der Waals surface area contributed by atoms with E-state index in [1.54, 1.807) is 9.36 Å². The summed E-state index contributed by atoms with van der Waals surface area (Å²) in [6.45, 7) is 6.08. The molecule has 0 saturated heterocycles. The lowest BCUT2D eigenvalue weighted by Crippen LogP contribution is -2.22. The molecule has 0 unspecified atom stereocenters. The van der Waals surface area contributed by atoms with Gasteiger partial charge in [0.2, 0.25) is 22.2 Å². The molecule has 0 aliphatic rings. The Balaban J connectivity index is 2.15. The molecule has 0 amide bonds. The number of hydrogen-bond acceptors (Lipinski definition) is 8. The van der Waals surface area contributed by atoms with Crippen molar-refractivity contribution in [3.63, 3.8) is 0 Å². The van der Waals surface area contributed by atoms with Crippen molar-refractivity contribution in [2.45, 2.75) is 31.1 Å². The highest BCUT2D eigenvalue weighted by Gasteiger charge is 2.24. The van der Waals surface area contributed by atoms with Crippen LogP contribution in [0.1, 0.15) is 23.9 Å². The van der Waals surface area contributed by atoms with Crippen molar-refractivity contribution in [3.8, 4) is 0 Å². The van der Waals surface area contributed by atoms with Gasteiger partial charge in [0, 0.05) is 25.5 Å². The van der Waals surface area contributed by atoms with E-state index in [2.05, 4.69) is 44.2 Å². The van der Waals surface area contributed by atoms with Crippen molar-refractivity contribution in [2.24, 2.45) is 14.1 Å². The Morgan fingerprint density at radius 3 is 1.89 bits per heavy atom. The van der Waals surface area contributed by atoms with Crippen LogP contribution in [0, 0.1) is 13.8 Å². The van der Waals surface area contributed by atoms with Crippen molar-refractivity contribution in [1.82, 2.24) is 34.5 Å². The number of allylic oxidation sites excluding steroid dienone is 1. The predicted octanol–water partition coefficient (Wildman–Crippen LogP) is 3.60. The average Bonchev–Trinajstić information content (AvgIpc) is 3.17. The van der Waals surface area contributed by atoms with Crippen LogP contribution in [0.4, 0.5) is 11.9 Å². The molecule has 0 aromatic carbocycles. The summed E-state index contributed by atoms with van der Waals surface area (Å²) in [6, 6.07) is 4.12. The molecule has 3 rings (SSSR count). The van der Waals surface area contributed by atoms with E-state index >= 15 is 0 Å². The van der Waals surface area contributed by atoms with Gasteiger partial charge in [-0.15, -0.1) is 10.2 Å². The molecule has 10 heteroatoms. The van der Waals surface area contributed by atoms with Crippen LogP contribution in [0.15, 0.2) is 28.1 Å². The second kappa shape index (κ2) is 8.36. The number of anilines is 2. The lowest BCUT2D eigenvalue weighted by molar-refractivity contribution is 0.709. The third-order valence-electron chi connectivity index (χ3n) is 4.03. The van der Waals surface area contributed by atoms with Crippen LogP contribution in [0.25, 0.3) is 6.08 Å². The Kier molecular flexibility index (Phi) is 6.09. The fraction of sp³-hybridized carbons (Fsp3) is 0.389. The van der Waals surface area contributed by atoms with Crippen molar-refractivity contribution in [2.75, 3.05) is 17.4 Å². The molecule has 0 aliphatic heterocycles. The van der Waals surface area contributed by atoms with Crippen LogP contribution < -0.4 is 4.90 Å². The quantitative estimate of drug-likeness (QED) is 0.564. The standard InChI is InChI=1S/C18H24N8S2/c1-11-8-12(2)19-14(9-11)10-13(3)26(17-20-15(27-6)22-24(17)4)18-21-16(28-7)23-25(18)5/h8-10H,1-7H3/b13-10-. The van der Waals surface area contributed by atoms with E-state index in [-0.39, 0.29) is 0 Å². The molecule has 28 heavy (non-hydrogen) atoms. The van der Waals surface area contributed by atoms with E-state index in [1.165, 1.54) is 29.1 Å². The highest BCUT2D eigenvalue weighted by atomic mass is 32.2. The third-order valence-corrected chi connectivity index (χ3v) is 5.11. The Hall–Kier alpha value is -2.33. The first-order valence-electron chi connectivity index (χ1n) is 8.66. The maximum Gasteiger partial charge on any atom is 0.235 e. The van der Waals surface area contributed by atoms with Crippen LogP contribution in [0.5, 0.6) is 0 Å². The van der Waals surface area contributed by atoms with Gasteiger partial charge >= 0.3 is 0 Å². The van der Waals surface area contributed by atoms with E-state index in [4.69, 9.17) is 0 Å². The average molecular weight is 417 g/mol. The van der Waals surface area contributed by atoms with Gasteiger partial charge in [0.25, 0.3) is 0 Å². The van der Waals surface area contributed by atoms with E-state index in [1.807, 2.05) is 51.4 Å². The van der Waals surface area contributed by atoms with Crippen molar-refractivity contribution in [1.29, 1.82) is 0 Å². The fourth-order valence-corrected chi connectivity index (χ4v) is 3.65. The molecule has 8 nitrogen and oxygen atoms in total. The largest absolute Gasteiger partial charge is 0.254 e. The zero-order valence-corrected chi connectivity index (χ0v) is 18.8. The minimum Gasteiger partial charge on any atom is -0.254 e. The Morgan fingerprint density at radius 2 is 1.46 bits per heavy atom. The lowest BCUT2D eigenvalue weighted by Gasteiger charge is -2.22. The molecule has 3 aromatic heterocycles. The summed E-state index contributed by atoms with van der Waals surface area (Å²) in [5, 5.41) is 10.3. The maximum atomic E-state index is 4.67. The first kappa shape index (κ1) is 20.4. The molecule has 3 heterocycles. The zero-order valence-electron chi connectivity index (χ0n) is 17.1. The third kappa shape index (κ3) is 4.22. The molecule has 0 atom stereocenters. The van der Waals surface area contributed by atoms with Gasteiger partial charge in [-0.2, -0.15) is 9.97 Å². The Labute approximate surface area is 173 Å². The highest BCUT2D eigenvalue weighted by Crippen LogP contribution is 2.29. The molecule has 148 valence electrons. The highest BCUT2D eigenvalue weighted by molar-refractivity contribution is 7.98. The van der Waals surface area contributed by atoms with Crippen molar-refractivity contribution >= 4 is 41.5 Å². The molecule has 0 aliphatic carbocycles. The summed E-state index contributed by atoms with van der Waals surface area (Å²) in [5.41, 5.74) is 3.96. The van der Waals surface area contributed by atoms with Gasteiger partial charge in [0.05, 0.1) is 5.69 Å². The predicted molar refractivity (Wildman–Crippen MR) is 115 cm³/mol. The van der Waals surface area contributed by atoms with E-state index < -0.39 is 0 Å². The Morgan fingerprint density at radius 1 is 0.929 bits per heavy atom. The molecular formula is C18H24N8S2. The normalized spacial score (nSPS) is 11.9. The first-order valence-corrected chi connectivity index (χ1v) is 11.1. The van der Waals surface area contributed by atoms with E-state index in [0.717, 1.165) is 17.1 Å². The monoisotopic (exact) mass is 416 g/mol. The smallest absolute Gasteiger partial charge is 0.235 e. The minimum absolute atomic E-state index is 0.672. The van der Waals surface area contributed by atoms with Gasteiger partial charge in [-0.1, -0.05) is 23.5 Å². The summed E-state index contributed by atoms with van der Waals surface area (Å²) >= 11 is 3.00. The summed E-state index contributed by atoms with van der Waals surface area (Å²) in [4.78, 5) is 15.9. The second-order valence-corrected chi connectivity index (χ2v) is 7.92. The fourth-order valence-electron chi connectivity index (χ4n) is 2.90. The summed E-state index contributed by atoms with van der Waals surface area (Å²) in [7, 11) is 3.76. The van der Waals surface area contributed by atoms with E-state index in [0.29, 0.717) is 22.2 Å². The number of nitrogens with zero attached hydrogens (tertiary/aromatic N) is 8. The van der Waals surface area contributed by atoms with Crippen molar-refractivity contribution < 1.29 is 0 Å². The van der Waals surface area contributed by atoms with Crippen LogP contribution in [-0.4, -0.2) is 47.0 Å². The van der Waals surface area contributed by atoms with Crippen LogP contribution in [-0.2, 0) is 14.1 Å². The molecule has 0 radical (unpaired) electrons. The molecule has 0 fully saturated rings.